The largest absolute Gasteiger partial charge is 0.332 e. The van der Waals surface area contributed by atoms with Crippen molar-refractivity contribution >= 4 is 17.4 Å². The lowest BCUT2D eigenvalue weighted by atomic mass is 10.4. The van der Waals surface area contributed by atoms with Gasteiger partial charge in [0.2, 0.25) is 0 Å². The van der Waals surface area contributed by atoms with Gasteiger partial charge in [-0.2, -0.15) is 0 Å². The molecule has 0 spiro atoms. The van der Waals surface area contributed by atoms with Crippen LogP contribution in [-0.4, -0.2) is 9.55 Å². The van der Waals surface area contributed by atoms with E-state index in [9.17, 15) is 0 Å². The standard InChI is InChI=1S/C11H12N2S/c1-2-3-10-4-5-11(14-10)8-13-7-6-12-9-13/h2-7,9H,8H2,1H3/b3-2+. The van der Waals surface area contributed by atoms with Crippen LogP contribution in [0.15, 0.2) is 36.9 Å². The summed E-state index contributed by atoms with van der Waals surface area (Å²) in [5, 5.41) is 0. The lowest BCUT2D eigenvalue weighted by Gasteiger charge is -1.96. The highest BCUT2D eigenvalue weighted by Gasteiger charge is 1.97. The summed E-state index contributed by atoms with van der Waals surface area (Å²) in [5.41, 5.74) is 0. The Balaban J connectivity index is 2.10. The molecule has 0 bridgehead atoms. The molecule has 0 atom stereocenters. The van der Waals surface area contributed by atoms with Crippen LogP contribution in [-0.2, 0) is 6.54 Å². The van der Waals surface area contributed by atoms with Gasteiger partial charge in [0.15, 0.2) is 0 Å². The van der Waals surface area contributed by atoms with Gasteiger partial charge in [0, 0.05) is 22.1 Å². The Hall–Kier alpha value is -1.35. The number of thiophene rings is 1. The zero-order chi connectivity index (χ0) is 9.80. The van der Waals surface area contributed by atoms with E-state index >= 15 is 0 Å². The van der Waals surface area contributed by atoms with E-state index in [1.807, 2.05) is 30.8 Å². The van der Waals surface area contributed by atoms with Crippen LogP contribution in [0.4, 0.5) is 0 Å². The first-order valence-electron chi connectivity index (χ1n) is 4.55. The predicted molar refractivity (Wildman–Crippen MR) is 60.4 cm³/mol. The summed E-state index contributed by atoms with van der Waals surface area (Å²) in [6.07, 6.45) is 9.82. The van der Waals surface area contributed by atoms with E-state index in [4.69, 9.17) is 0 Å². The topological polar surface area (TPSA) is 17.8 Å². The van der Waals surface area contributed by atoms with Crippen molar-refractivity contribution in [2.75, 3.05) is 0 Å². The lowest BCUT2D eigenvalue weighted by Crippen LogP contribution is -1.92. The average Bonchev–Trinajstić information content (AvgIpc) is 2.79. The summed E-state index contributed by atoms with van der Waals surface area (Å²) in [7, 11) is 0. The molecule has 0 fully saturated rings. The van der Waals surface area contributed by atoms with Crippen LogP contribution in [0.3, 0.4) is 0 Å². The van der Waals surface area contributed by atoms with E-state index < -0.39 is 0 Å². The number of hydrogen-bond acceptors (Lipinski definition) is 2. The number of aromatic nitrogens is 2. The SMILES string of the molecule is C/C=C/c1ccc(Cn2ccnc2)s1. The summed E-state index contributed by atoms with van der Waals surface area (Å²) in [4.78, 5) is 6.68. The monoisotopic (exact) mass is 204 g/mol. The Morgan fingerprint density at radius 1 is 1.50 bits per heavy atom. The van der Waals surface area contributed by atoms with Gasteiger partial charge < -0.3 is 4.57 Å². The summed E-state index contributed by atoms with van der Waals surface area (Å²) in [6.45, 7) is 2.96. The lowest BCUT2D eigenvalue weighted by molar-refractivity contribution is 0.810. The summed E-state index contributed by atoms with van der Waals surface area (Å²) in [5.74, 6) is 0. The zero-order valence-electron chi connectivity index (χ0n) is 8.05. The van der Waals surface area contributed by atoms with Crippen molar-refractivity contribution in [2.45, 2.75) is 13.5 Å². The second kappa shape index (κ2) is 4.24. The Morgan fingerprint density at radius 3 is 3.14 bits per heavy atom. The molecule has 0 radical (unpaired) electrons. The van der Waals surface area contributed by atoms with E-state index in [1.165, 1.54) is 9.75 Å². The second-order valence-corrected chi connectivity index (χ2v) is 4.24. The highest BCUT2D eigenvalue weighted by molar-refractivity contribution is 7.12. The molecule has 14 heavy (non-hydrogen) atoms. The summed E-state index contributed by atoms with van der Waals surface area (Å²) >= 11 is 1.82. The first-order valence-corrected chi connectivity index (χ1v) is 5.37. The van der Waals surface area contributed by atoms with Crippen molar-refractivity contribution in [3.8, 4) is 0 Å². The molecule has 0 amide bonds. The predicted octanol–water partition coefficient (Wildman–Crippen LogP) is 3.03. The summed E-state index contributed by atoms with van der Waals surface area (Å²) < 4.78 is 2.07. The molecule has 0 unspecified atom stereocenters. The Bertz CT molecular complexity index is 412. The van der Waals surface area contributed by atoms with Crippen LogP contribution in [0.5, 0.6) is 0 Å². The van der Waals surface area contributed by atoms with E-state index in [-0.39, 0.29) is 0 Å². The maximum atomic E-state index is 4.02. The van der Waals surface area contributed by atoms with Gasteiger partial charge in [0.25, 0.3) is 0 Å². The molecule has 0 saturated heterocycles. The van der Waals surface area contributed by atoms with Crippen LogP contribution in [0.1, 0.15) is 16.7 Å². The first kappa shape index (κ1) is 9.21. The number of imidazole rings is 1. The van der Waals surface area contributed by atoms with E-state index in [0.717, 1.165) is 6.54 Å². The number of rotatable bonds is 3. The maximum absolute atomic E-state index is 4.02. The van der Waals surface area contributed by atoms with E-state index in [1.54, 1.807) is 6.20 Å². The Morgan fingerprint density at radius 2 is 2.43 bits per heavy atom. The van der Waals surface area contributed by atoms with Gasteiger partial charge in [-0.05, 0) is 25.1 Å². The molecule has 72 valence electrons. The smallest absolute Gasteiger partial charge is 0.0949 e. The van der Waals surface area contributed by atoms with Gasteiger partial charge >= 0.3 is 0 Å². The van der Waals surface area contributed by atoms with Crippen molar-refractivity contribution < 1.29 is 0 Å². The highest BCUT2D eigenvalue weighted by Crippen LogP contribution is 2.18. The molecule has 2 aromatic heterocycles. The maximum Gasteiger partial charge on any atom is 0.0949 e. The number of nitrogens with zero attached hydrogens (tertiary/aromatic N) is 2. The van der Waals surface area contributed by atoms with Crippen molar-refractivity contribution in [1.82, 2.24) is 9.55 Å². The second-order valence-electron chi connectivity index (χ2n) is 3.04. The van der Waals surface area contributed by atoms with Crippen LogP contribution < -0.4 is 0 Å². The minimum Gasteiger partial charge on any atom is -0.332 e. The van der Waals surface area contributed by atoms with E-state index in [2.05, 4.69) is 33.8 Å². The molecule has 2 rings (SSSR count). The molecule has 0 aliphatic heterocycles. The molecular weight excluding hydrogens is 192 g/mol. The molecule has 0 aliphatic rings. The Labute approximate surface area is 87.5 Å². The van der Waals surface area contributed by atoms with Crippen molar-refractivity contribution in [1.29, 1.82) is 0 Å². The molecule has 3 heteroatoms. The molecule has 2 aromatic rings. The van der Waals surface area contributed by atoms with Crippen LogP contribution in [0, 0.1) is 0 Å². The van der Waals surface area contributed by atoms with Gasteiger partial charge in [0.05, 0.1) is 12.9 Å². The third-order valence-electron chi connectivity index (χ3n) is 1.91. The minimum atomic E-state index is 0.919. The number of hydrogen-bond donors (Lipinski definition) is 0. The fourth-order valence-electron chi connectivity index (χ4n) is 1.29. The fraction of sp³-hybridized carbons (Fsp3) is 0.182. The molecule has 0 aromatic carbocycles. The molecular formula is C11H12N2S. The van der Waals surface area contributed by atoms with Crippen LogP contribution in [0.2, 0.25) is 0 Å². The summed E-state index contributed by atoms with van der Waals surface area (Å²) in [6, 6.07) is 4.32. The van der Waals surface area contributed by atoms with Crippen LogP contribution >= 0.6 is 11.3 Å². The fourth-order valence-corrected chi connectivity index (χ4v) is 2.29. The van der Waals surface area contributed by atoms with Crippen molar-refractivity contribution in [3.63, 3.8) is 0 Å². The average molecular weight is 204 g/mol. The molecule has 2 heterocycles. The quantitative estimate of drug-likeness (QED) is 0.751. The van der Waals surface area contributed by atoms with Crippen molar-refractivity contribution in [3.05, 3.63) is 46.7 Å². The third-order valence-corrected chi connectivity index (χ3v) is 2.95. The highest BCUT2D eigenvalue weighted by atomic mass is 32.1. The first-order chi connectivity index (χ1) is 6.88. The van der Waals surface area contributed by atoms with E-state index in [0.29, 0.717) is 0 Å². The molecule has 2 nitrogen and oxygen atoms in total. The van der Waals surface area contributed by atoms with Gasteiger partial charge in [-0.1, -0.05) is 6.08 Å². The molecule has 0 saturated carbocycles. The van der Waals surface area contributed by atoms with Gasteiger partial charge in [0.1, 0.15) is 0 Å². The third kappa shape index (κ3) is 2.12. The number of allylic oxidation sites excluding steroid dienone is 1. The minimum absolute atomic E-state index is 0.919. The molecule has 0 aliphatic carbocycles. The molecule has 0 N–H and O–H groups in total. The van der Waals surface area contributed by atoms with Crippen molar-refractivity contribution in [2.24, 2.45) is 0 Å². The normalized spacial score (nSPS) is 11.2. The van der Waals surface area contributed by atoms with Gasteiger partial charge in [-0.25, -0.2) is 4.98 Å². The van der Waals surface area contributed by atoms with Gasteiger partial charge in [-0.15, -0.1) is 11.3 Å². The van der Waals surface area contributed by atoms with Gasteiger partial charge in [-0.3, -0.25) is 0 Å². The Kier molecular flexibility index (Phi) is 2.79. The zero-order valence-corrected chi connectivity index (χ0v) is 8.87. The van der Waals surface area contributed by atoms with Crippen LogP contribution in [0.25, 0.3) is 6.08 Å².